The number of aryl methyl sites for hydroxylation is 1. The van der Waals surface area contributed by atoms with Gasteiger partial charge in [0.15, 0.2) is 5.82 Å². The SMILES string of the molecule is Nc1ncc(N)c(NCC2(CO)CC(CCc3ccccc3)C2)n1. The van der Waals surface area contributed by atoms with Crippen LogP contribution in [0.15, 0.2) is 36.5 Å². The summed E-state index contributed by atoms with van der Waals surface area (Å²) in [5.41, 5.74) is 13.2. The van der Waals surface area contributed by atoms with Crippen LogP contribution in [-0.4, -0.2) is 28.2 Å². The van der Waals surface area contributed by atoms with E-state index in [0.717, 1.165) is 25.7 Å². The Hall–Kier alpha value is -2.34. The van der Waals surface area contributed by atoms with Gasteiger partial charge in [0.2, 0.25) is 5.95 Å². The van der Waals surface area contributed by atoms with Crippen molar-refractivity contribution in [1.29, 1.82) is 0 Å². The molecule has 1 aliphatic rings. The fourth-order valence-electron chi connectivity index (χ4n) is 3.53. The van der Waals surface area contributed by atoms with Gasteiger partial charge >= 0.3 is 0 Å². The molecule has 3 rings (SSSR count). The summed E-state index contributed by atoms with van der Waals surface area (Å²) in [6.07, 6.45) is 5.79. The first-order valence-electron chi connectivity index (χ1n) is 8.37. The molecule has 0 spiro atoms. The molecule has 0 radical (unpaired) electrons. The van der Waals surface area contributed by atoms with E-state index in [4.69, 9.17) is 11.5 Å². The Balaban J connectivity index is 1.49. The third-order valence-corrected chi connectivity index (χ3v) is 4.93. The minimum absolute atomic E-state index is 0.0898. The van der Waals surface area contributed by atoms with Gasteiger partial charge in [0.25, 0.3) is 0 Å². The van der Waals surface area contributed by atoms with Crippen LogP contribution in [-0.2, 0) is 6.42 Å². The number of benzene rings is 1. The van der Waals surface area contributed by atoms with Crippen LogP contribution < -0.4 is 16.8 Å². The number of nitrogen functional groups attached to an aromatic ring is 2. The molecular formula is C18H25N5O. The van der Waals surface area contributed by atoms with Gasteiger partial charge in [0.1, 0.15) is 0 Å². The average Bonchev–Trinajstić information content (AvgIpc) is 2.57. The highest BCUT2D eigenvalue weighted by Crippen LogP contribution is 2.47. The summed E-state index contributed by atoms with van der Waals surface area (Å²) in [5.74, 6) is 1.40. The molecule has 1 aliphatic carbocycles. The lowest BCUT2D eigenvalue weighted by Gasteiger charge is -2.47. The number of hydrogen-bond acceptors (Lipinski definition) is 6. The van der Waals surface area contributed by atoms with Crippen molar-refractivity contribution in [2.45, 2.75) is 25.7 Å². The Kier molecular flexibility index (Phi) is 4.85. The van der Waals surface area contributed by atoms with Gasteiger partial charge in [-0.2, -0.15) is 4.98 Å². The van der Waals surface area contributed by atoms with Gasteiger partial charge in [0.05, 0.1) is 18.5 Å². The second-order valence-corrected chi connectivity index (χ2v) is 6.84. The number of nitrogens with one attached hydrogen (secondary N) is 1. The highest BCUT2D eigenvalue weighted by molar-refractivity contribution is 5.61. The molecule has 1 heterocycles. The number of aliphatic hydroxyl groups is 1. The molecule has 1 saturated carbocycles. The smallest absolute Gasteiger partial charge is 0.222 e. The molecule has 6 nitrogen and oxygen atoms in total. The number of nitrogens with two attached hydrogens (primary N) is 2. The van der Waals surface area contributed by atoms with Gasteiger partial charge in [-0.3, -0.25) is 0 Å². The summed E-state index contributed by atoms with van der Waals surface area (Å²) in [4.78, 5) is 7.97. The molecule has 2 aromatic rings. The van der Waals surface area contributed by atoms with Gasteiger partial charge in [-0.1, -0.05) is 30.3 Å². The van der Waals surface area contributed by atoms with Crippen LogP contribution in [0.1, 0.15) is 24.8 Å². The highest BCUT2D eigenvalue weighted by Gasteiger charge is 2.43. The summed E-state index contributed by atoms with van der Waals surface area (Å²) < 4.78 is 0. The molecule has 6 N–H and O–H groups in total. The van der Waals surface area contributed by atoms with E-state index >= 15 is 0 Å². The zero-order chi connectivity index (χ0) is 17.0. The second kappa shape index (κ2) is 7.05. The zero-order valence-electron chi connectivity index (χ0n) is 13.8. The molecule has 1 fully saturated rings. The standard InChI is InChI=1S/C18H25N5O/c19-15-10-21-17(20)23-16(15)22-11-18(12-24)8-14(9-18)7-6-13-4-2-1-3-5-13/h1-5,10,14,24H,6-9,11-12,19H2,(H3,20,21,22,23). The summed E-state index contributed by atoms with van der Waals surface area (Å²) in [6.45, 7) is 0.814. The van der Waals surface area contributed by atoms with Crippen LogP contribution in [0.25, 0.3) is 0 Å². The van der Waals surface area contributed by atoms with Crippen molar-refractivity contribution in [3.63, 3.8) is 0 Å². The third kappa shape index (κ3) is 3.76. The van der Waals surface area contributed by atoms with E-state index in [1.807, 2.05) is 6.07 Å². The minimum atomic E-state index is -0.0898. The van der Waals surface area contributed by atoms with Crippen molar-refractivity contribution in [2.24, 2.45) is 11.3 Å². The lowest BCUT2D eigenvalue weighted by Crippen LogP contribution is -2.45. The molecule has 0 atom stereocenters. The molecule has 1 aromatic heterocycles. The summed E-state index contributed by atoms with van der Waals surface area (Å²) >= 11 is 0. The van der Waals surface area contributed by atoms with Crippen LogP contribution in [0.5, 0.6) is 0 Å². The van der Waals surface area contributed by atoms with Crippen LogP contribution >= 0.6 is 0 Å². The maximum Gasteiger partial charge on any atom is 0.222 e. The number of anilines is 3. The second-order valence-electron chi connectivity index (χ2n) is 6.84. The first kappa shape index (κ1) is 16.5. The van der Waals surface area contributed by atoms with Crippen molar-refractivity contribution in [2.75, 3.05) is 29.9 Å². The molecule has 1 aromatic carbocycles. The maximum atomic E-state index is 9.81. The number of aliphatic hydroxyl groups excluding tert-OH is 1. The van der Waals surface area contributed by atoms with E-state index in [-0.39, 0.29) is 18.0 Å². The first-order chi connectivity index (χ1) is 11.6. The number of rotatable bonds is 7. The molecule has 6 heteroatoms. The van der Waals surface area contributed by atoms with Crippen LogP contribution in [0.4, 0.5) is 17.5 Å². The Bertz CT molecular complexity index is 670. The lowest BCUT2D eigenvalue weighted by atomic mass is 9.61. The fourth-order valence-corrected chi connectivity index (χ4v) is 3.53. The Labute approximate surface area is 142 Å². The van der Waals surface area contributed by atoms with Crippen molar-refractivity contribution in [1.82, 2.24) is 9.97 Å². The van der Waals surface area contributed by atoms with E-state index in [1.54, 1.807) is 0 Å². The van der Waals surface area contributed by atoms with E-state index in [0.29, 0.717) is 24.0 Å². The predicted octanol–water partition coefficient (Wildman–Crippen LogP) is 2.07. The Morgan fingerprint density at radius 2 is 1.96 bits per heavy atom. The van der Waals surface area contributed by atoms with Crippen molar-refractivity contribution in [3.8, 4) is 0 Å². The molecule has 0 bridgehead atoms. The molecule has 0 unspecified atom stereocenters. The number of hydrogen-bond donors (Lipinski definition) is 4. The number of aromatic nitrogens is 2. The molecule has 0 saturated heterocycles. The number of nitrogens with zero attached hydrogens (tertiary/aromatic N) is 2. The third-order valence-electron chi connectivity index (χ3n) is 4.93. The van der Waals surface area contributed by atoms with Crippen molar-refractivity contribution >= 4 is 17.5 Å². The fraction of sp³-hybridized carbons (Fsp3) is 0.444. The van der Waals surface area contributed by atoms with Crippen molar-refractivity contribution < 1.29 is 5.11 Å². The van der Waals surface area contributed by atoms with E-state index < -0.39 is 0 Å². The van der Waals surface area contributed by atoms with Crippen LogP contribution in [0.3, 0.4) is 0 Å². The lowest BCUT2D eigenvalue weighted by molar-refractivity contribution is 0.00303. The monoisotopic (exact) mass is 327 g/mol. The summed E-state index contributed by atoms with van der Waals surface area (Å²) in [6, 6.07) is 10.5. The van der Waals surface area contributed by atoms with E-state index in [2.05, 4.69) is 39.6 Å². The zero-order valence-corrected chi connectivity index (χ0v) is 13.8. The van der Waals surface area contributed by atoms with Gasteiger partial charge < -0.3 is 21.9 Å². The normalized spacial score (nSPS) is 22.8. The van der Waals surface area contributed by atoms with Crippen LogP contribution in [0.2, 0.25) is 0 Å². The Morgan fingerprint density at radius 1 is 1.21 bits per heavy atom. The molecule has 24 heavy (non-hydrogen) atoms. The Morgan fingerprint density at radius 3 is 2.67 bits per heavy atom. The minimum Gasteiger partial charge on any atom is -0.396 e. The molecular weight excluding hydrogens is 302 g/mol. The van der Waals surface area contributed by atoms with Gasteiger partial charge in [-0.05, 0) is 37.2 Å². The first-order valence-corrected chi connectivity index (χ1v) is 8.37. The highest BCUT2D eigenvalue weighted by atomic mass is 16.3. The summed E-state index contributed by atoms with van der Waals surface area (Å²) in [7, 11) is 0. The van der Waals surface area contributed by atoms with Crippen LogP contribution in [0, 0.1) is 11.3 Å². The van der Waals surface area contributed by atoms with E-state index in [9.17, 15) is 5.11 Å². The average molecular weight is 327 g/mol. The quantitative estimate of drug-likeness (QED) is 0.620. The summed E-state index contributed by atoms with van der Waals surface area (Å²) in [5, 5.41) is 13.0. The topological polar surface area (TPSA) is 110 Å². The largest absolute Gasteiger partial charge is 0.396 e. The van der Waals surface area contributed by atoms with Gasteiger partial charge in [-0.15, -0.1) is 0 Å². The van der Waals surface area contributed by atoms with Gasteiger partial charge in [0, 0.05) is 12.0 Å². The molecule has 128 valence electrons. The van der Waals surface area contributed by atoms with Crippen molar-refractivity contribution in [3.05, 3.63) is 42.1 Å². The molecule has 0 aliphatic heterocycles. The maximum absolute atomic E-state index is 9.81. The van der Waals surface area contributed by atoms with E-state index in [1.165, 1.54) is 11.8 Å². The predicted molar refractivity (Wildman–Crippen MR) is 96.4 cm³/mol. The molecule has 0 amide bonds. The van der Waals surface area contributed by atoms with Gasteiger partial charge in [-0.25, -0.2) is 4.98 Å².